The summed E-state index contributed by atoms with van der Waals surface area (Å²) in [5, 5.41) is 0. The minimum atomic E-state index is -0.0288. The number of hydrogen-bond donors (Lipinski definition) is 0. The maximum atomic E-state index is 12.4. The molecule has 5 rings (SSSR count). The normalized spacial score (nSPS) is 20.6. The predicted molar refractivity (Wildman–Crippen MR) is 109 cm³/mol. The Bertz CT molecular complexity index is 951. The highest BCUT2D eigenvalue weighted by Gasteiger charge is 2.33. The lowest BCUT2D eigenvalue weighted by Gasteiger charge is -2.35. The first-order valence-corrected chi connectivity index (χ1v) is 10.2. The number of carbonyl (C=O) groups is 1. The Balaban J connectivity index is 1.24. The van der Waals surface area contributed by atoms with Gasteiger partial charge in [0.05, 0.1) is 11.3 Å². The van der Waals surface area contributed by atoms with Crippen molar-refractivity contribution in [1.29, 1.82) is 0 Å². The smallest absolute Gasteiger partial charge is 0.231 e. The minimum Gasteiger partial charge on any atom is -0.454 e. The molecule has 0 spiro atoms. The van der Waals surface area contributed by atoms with E-state index in [0.29, 0.717) is 18.8 Å². The van der Waals surface area contributed by atoms with Crippen LogP contribution in [0.5, 0.6) is 11.5 Å². The number of rotatable bonds is 3. The van der Waals surface area contributed by atoms with Crippen molar-refractivity contribution in [1.82, 2.24) is 14.9 Å². The third kappa shape index (κ3) is 3.67. The molecule has 1 saturated heterocycles. The fraction of sp³-hybridized carbons (Fsp3) is 0.500. The van der Waals surface area contributed by atoms with Gasteiger partial charge in [0.1, 0.15) is 0 Å². The van der Waals surface area contributed by atoms with Crippen LogP contribution in [-0.4, -0.2) is 53.6 Å². The quantitative estimate of drug-likeness (QED) is 0.793. The van der Waals surface area contributed by atoms with Crippen LogP contribution in [0.25, 0.3) is 0 Å². The van der Waals surface area contributed by atoms with Crippen LogP contribution in [0.15, 0.2) is 24.4 Å². The summed E-state index contributed by atoms with van der Waals surface area (Å²) in [4.78, 5) is 26.3. The van der Waals surface area contributed by atoms with E-state index in [2.05, 4.69) is 40.8 Å². The average molecular weight is 394 g/mol. The standard InChI is InChI=1S/C22H26N4O3/c1-22(2)10-17-16(18(27)11-22)12-23-21(24-17)26-7-5-25(6-8-26)13-15-3-4-19-20(9-15)29-14-28-19/h3-4,9,12H,5-8,10-11,13-14H2,1-2H3. The largest absolute Gasteiger partial charge is 0.454 e. The number of carbonyl (C=O) groups excluding carboxylic acids is 1. The molecule has 29 heavy (non-hydrogen) atoms. The highest BCUT2D eigenvalue weighted by molar-refractivity contribution is 5.98. The molecule has 0 bridgehead atoms. The molecule has 7 heteroatoms. The first-order valence-electron chi connectivity index (χ1n) is 10.2. The van der Waals surface area contributed by atoms with E-state index in [4.69, 9.17) is 14.5 Å². The summed E-state index contributed by atoms with van der Waals surface area (Å²) in [7, 11) is 0. The van der Waals surface area contributed by atoms with Gasteiger partial charge in [0.15, 0.2) is 17.3 Å². The van der Waals surface area contributed by atoms with Gasteiger partial charge < -0.3 is 14.4 Å². The highest BCUT2D eigenvalue weighted by atomic mass is 16.7. The first kappa shape index (κ1) is 18.4. The number of Topliss-reactive ketones (excluding diaryl/α,β-unsaturated/α-hetero) is 1. The van der Waals surface area contributed by atoms with E-state index in [1.807, 2.05) is 6.07 Å². The van der Waals surface area contributed by atoms with Gasteiger partial charge in [-0.1, -0.05) is 19.9 Å². The van der Waals surface area contributed by atoms with Gasteiger partial charge in [-0.2, -0.15) is 0 Å². The molecule has 1 aromatic carbocycles. The lowest BCUT2D eigenvalue weighted by molar-refractivity contribution is 0.0909. The maximum absolute atomic E-state index is 12.4. The summed E-state index contributed by atoms with van der Waals surface area (Å²) in [6, 6.07) is 6.16. The lowest BCUT2D eigenvalue weighted by Crippen LogP contribution is -2.46. The minimum absolute atomic E-state index is 0.0288. The third-order valence-electron chi connectivity index (χ3n) is 5.94. The Morgan fingerprint density at radius 2 is 1.86 bits per heavy atom. The number of ketones is 1. The van der Waals surface area contributed by atoms with Crippen LogP contribution >= 0.6 is 0 Å². The summed E-state index contributed by atoms with van der Waals surface area (Å²) in [5.74, 6) is 2.57. The van der Waals surface area contributed by atoms with Gasteiger partial charge in [0.2, 0.25) is 12.7 Å². The molecule has 0 amide bonds. The number of benzene rings is 1. The van der Waals surface area contributed by atoms with E-state index in [9.17, 15) is 4.79 Å². The predicted octanol–water partition coefficient (Wildman–Crippen LogP) is 2.68. The zero-order valence-electron chi connectivity index (χ0n) is 17.0. The molecular weight excluding hydrogens is 368 g/mol. The van der Waals surface area contributed by atoms with Gasteiger partial charge in [-0.25, -0.2) is 9.97 Å². The molecule has 0 radical (unpaired) electrons. The Labute approximate surface area is 170 Å². The number of fused-ring (bicyclic) bond motifs is 2. The summed E-state index contributed by atoms with van der Waals surface area (Å²) in [6.45, 7) is 9.09. The van der Waals surface area contributed by atoms with E-state index in [-0.39, 0.29) is 11.2 Å². The van der Waals surface area contributed by atoms with Gasteiger partial charge in [-0.15, -0.1) is 0 Å². The maximum Gasteiger partial charge on any atom is 0.231 e. The van der Waals surface area contributed by atoms with Crippen molar-refractivity contribution in [2.45, 2.75) is 33.2 Å². The van der Waals surface area contributed by atoms with E-state index >= 15 is 0 Å². The second-order valence-corrected chi connectivity index (χ2v) is 8.92. The van der Waals surface area contributed by atoms with Crippen LogP contribution in [0.3, 0.4) is 0 Å². The molecule has 7 nitrogen and oxygen atoms in total. The number of piperazine rings is 1. The van der Waals surface area contributed by atoms with E-state index in [1.165, 1.54) is 5.56 Å². The van der Waals surface area contributed by atoms with Crippen molar-refractivity contribution in [3.8, 4) is 11.5 Å². The second-order valence-electron chi connectivity index (χ2n) is 8.92. The zero-order chi connectivity index (χ0) is 20.0. The monoisotopic (exact) mass is 394 g/mol. The molecule has 0 N–H and O–H groups in total. The van der Waals surface area contributed by atoms with Crippen LogP contribution in [0, 0.1) is 5.41 Å². The molecule has 3 heterocycles. The van der Waals surface area contributed by atoms with Gasteiger partial charge in [0, 0.05) is 45.3 Å². The number of aromatic nitrogens is 2. The molecule has 0 saturated carbocycles. The Kier molecular flexibility index (Phi) is 4.42. The Hall–Kier alpha value is -2.67. The van der Waals surface area contributed by atoms with Crippen LogP contribution in [0.2, 0.25) is 0 Å². The summed E-state index contributed by atoms with van der Waals surface area (Å²) in [5.41, 5.74) is 2.81. The highest BCUT2D eigenvalue weighted by Crippen LogP contribution is 2.34. The third-order valence-corrected chi connectivity index (χ3v) is 5.94. The van der Waals surface area contributed by atoms with Crippen LogP contribution in [0.1, 0.15) is 41.9 Å². The van der Waals surface area contributed by atoms with Crippen molar-refractivity contribution in [2.75, 3.05) is 37.9 Å². The fourth-order valence-electron chi connectivity index (χ4n) is 4.38. The van der Waals surface area contributed by atoms with E-state index in [0.717, 1.165) is 62.3 Å². The molecule has 1 aliphatic carbocycles. The van der Waals surface area contributed by atoms with Crippen molar-refractivity contribution in [3.63, 3.8) is 0 Å². The number of ether oxygens (including phenoxy) is 2. The van der Waals surface area contributed by atoms with Crippen molar-refractivity contribution >= 4 is 11.7 Å². The number of hydrogen-bond acceptors (Lipinski definition) is 7. The second kappa shape index (κ2) is 6.99. The summed E-state index contributed by atoms with van der Waals surface area (Å²) < 4.78 is 10.9. The van der Waals surface area contributed by atoms with Gasteiger partial charge >= 0.3 is 0 Å². The zero-order valence-corrected chi connectivity index (χ0v) is 17.0. The summed E-state index contributed by atoms with van der Waals surface area (Å²) in [6.07, 6.45) is 3.13. The molecule has 2 aromatic rings. The molecule has 1 aromatic heterocycles. The van der Waals surface area contributed by atoms with E-state index < -0.39 is 0 Å². The van der Waals surface area contributed by atoms with Crippen LogP contribution in [-0.2, 0) is 13.0 Å². The first-order chi connectivity index (χ1) is 14.0. The Morgan fingerprint density at radius 3 is 2.69 bits per heavy atom. The van der Waals surface area contributed by atoms with Crippen molar-refractivity contribution in [2.24, 2.45) is 5.41 Å². The van der Waals surface area contributed by atoms with Gasteiger partial charge in [-0.3, -0.25) is 9.69 Å². The van der Waals surface area contributed by atoms with E-state index in [1.54, 1.807) is 6.20 Å². The number of nitrogens with zero attached hydrogens (tertiary/aromatic N) is 4. The lowest BCUT2D eigenvalue weighted by atomic mass is 9.76. The molecule has 0 atom stereocenters. The molecule has 0 unspecified atom stereocenters. The SMILES string of the molecule is CC1(C)CC(=O)c2cnc(N3CCN(Cc4ccc5c(c4)OCO5)CC3)nc2C1. The molecular formula is C22H26N4O3. The molecule has 2 aliphatic heterocycles. The molecule has 1 fully saturated rings. The van der Waals surface area contributed by atoms with Crippen LogP contribution < -0.4 is 14.4 Å². The van der Waals surface area contributed by atoms with Crippen molar-refractivity contribution < 1.29 is 14.3 Å². The topological polar surface area (TPSA) is 67.8 Å². The molecule has 3 aliphatic rings. The molecule has 152 valence electrons. The fourth-order valence-corrected chi connectivity index (χ4v) is 4.38. The average Bonchev–Trinajstić information content (AvgIpc) is 3.15. The van der Waals surface area contributed by atoms with Crippen LogP contribution in [0.4, 0.5) is 5.95 Å². The van der Waals surface area contributed by atoms with Gasteiger partial charge in [0.25, 0.3) is 0 Å². The number of anilines is 1. The van der Waals surface area contributed by atoms with Gasteiger partial charge in [-0.05, 0) is 29.5 Å². The Morgan fingerprint density at radius 1 is 1.07 bits per heavy atom. The van der Waals surface area contributed by atoms with Crippen molar-refractivity contribution in [3.05, 3.63) is 41.2 Å². The summed E-state index contributed by atoms with van der Waals surface area (Å²) >= 11 is 0.